The summed E-state index contributed by atoms with van der Waals surface area (Å²) < 4.78 is 37.3. The molecule has 0 spiro atoms. The van der Waals surface area contributed by atoms with Gasteiger partial charge in [0.25, 0.3) is 15.9 Å². The Labute approximate surface area is 176 Å². The molecule has 0 fully saturated rings. The maximum Gasteiger partial charge on any atom is 0.333 e. The lowest BCUT2D eigenvalue weighted by Gasteiger charge is -2.19. The van der Waals surface area contributed by atoms with Gasteiger partial charge in [-0.3, -0.25) is 0 Å². The van der Waals surface area contributed by atoms with Gasteiger partial charge in [-0.1, -0.05) is 13.0 Å². The molecule has 1 aromatic carbocycles. The minimum absolute atomic E-state index is 0.0180. The van der Waals surface area contributed by atoms with Crippen LogP contribution in [0.5, 0.6) is 5.88 Å². The number of nitrogens with one attached hydrogen (secondary N) is 2. The van der Waals surface area contributed by atoms with E-state index in [-0.39, 0.29) is 16.7 Å². The fourth-order valence-corrected chi connectivity index (χ4v) is 6.05. The predicted octanol–water partition coefficient (Wildman–Crippen LogP) is 1.83. The van der Waals surface area contributed by atoms with Gasteiger partial charge in [-0.2, -0.15) is 0 Å². The van der Waals surface area contributed by atoms with Crippen molar-refractivity contribution in [2.75, 3.05) is 11.9 Å². The molecule has 2 aliphatic carbocycles. The lowest BCUT2D eigenvalue weighted by molar-refractivity contribution is -0.755. The van der Waals surface area contributed by atoms with E-state index in [0.29, 0.717) is 13.2 Å². The van der Waals surface area contributed by atoms with Gasteiger partial charge < -0.3 is 10.1 Å². The lowest BCUT2D eigenvalue weighted by atomic mass is 9.99. The van der Waals surface area contributed by atoms with Crippen LogP contribution in [-0.4, -0.2) is 25.7 Å². The normalized spacial score (nSPS) is 19.6. The molecule has 30 heavy (non-hydrogen) atoms. The molecule has 5 rings (SSSR count). The third-order valence-corrected chi connectivity index (χ3v) is 7.66. The minimum Gasteiger partial charge on any atom is -0.474 e. The summed E-state index contributed by atoms with van der Waals surface area (Å²) in [5.41, 5.74) is 5.70. The van der Waals surface area contributed by atoms with Crippen LogP contribution in [0, 0.1) is 5.92 Å². The van der Waals surface area contributed by atoms with Crippen molar-refractivity contribution in [3.05, 3.63) is 34.5 Å². The Balaban J connectivity index is 1.42. The lowest BCUT2D eigenvalue weighted by Crippen LogP contribution is -2.42. The van der Waals surface area contributed by atoms with Crippen LogP contribution in [0.25, 0.3) is 0 Å². The Morgan fingerprint density at radius 3 is 2.50 bits per heavy atom. The Kier molecular flexibility index (Phi) is 4.53. The second-order valence-corrected chi connectivity index (χ2v) is 10.3. The van der Waals surface area contributed by atoms with Crippen LogP contribution in [0.4, 0.5) is 10.5 Å². The summed E-state index contributed by atoms with van der Waals surface area (Å²) in [6, 6.07) is 1.55. The molecular weight excluding hydrogens is 404 g/mol. The smallest absolute Gasteiger partial charge is 0.333 e. The molecular formula is C21H27N4O4S+. The van der Waals surface area contributed by atoms with E-state index in [1.54, 1.807) is 16.4 Å². The number of nitrogens with zero attached hydrogens (tertiary/aromatic N) is 2. The quantitative estimate of drug-likeness (QED) is 0.725. The third-order valence-electron chi connectivity index (χ3n) is 6.35. The van der Waals surface area contributed by atoms with Gasteiger partial charge in [0, 0.05) is 11.6 Å². The molecule has 1 aliphatic heterocycles. The monoisotopic (exact) mass is 431 g/mol. The van der Waals surface area contributed by atoms with Crippen LogP contribution in [-0.2, 0) is 49.3 Å². The summed E-state index contributed by atoms with van der Waals surface area (Å²) in [7, 11) is -2.31. The minimum atomic E-state index is -4.07. The highest BCUT2D eigenvalue weighted by Gasteiger charge is 2.35. The number of fused-ring (bicyclic) bond motifs is 3. The van der Waals surface area contributed by atoms with Crippen molar-refractivity contribution in [2.45, 2.75) is 56.9 Å². The number of amides is 2. The van der Waals surface area contributed by atoms with E-state index >= 15 is 0 Å². The van der Waals surface area contributed by atoms with E-state index in [1.807, 2.05) is 6.92 Å². The highest BCUT2D eigenvalue weighted by molar-refractivity contribution is 7.90. The number of aryl methyl sites for hydroxylation is 3. The number of hydrogen-bond donors (Lipinski definition) is 2. The molecule has 9 heteroatoms. The fraction of sp³-hybridized carbons (Fsp3) is 0.524. The molecule has 0 radical (unpaired) electrons. The zero-order chi connectivity index (χ0) is 21.0. The van der Waals surface area contributed by atoms with Gasteiger partial charge >= 0.3 is 6.03 Å². The predicted molar refractivity (Wildman–Crippen MR) is 110 cm³/mol. The van der Waals surface area contributed by atoms with Gasteiger partial charge in [0.15, 0.2) is 7.05 Å². The molecule has 8 nitrogen and oxygen atoms in total. The summed E-state index contributed by atoms with van der Waals surface area (Å²) >= 11 is 0. The Bertz CT molecular complexity index is 1120. The van der Waals surface area contributed by atoms with Crippen molar-refractivity contribution in [1.82, 2.24) is 9.40 Å². The van der Waals surface area contributed by atoms with Crippen molar-refractivity contribution >= 4 is 21.7 Å². The molecule has 1 aromatic heterocycles. The number of urea groups is 1. The first-order chi connectivity index (χ1) is 14.3. The summed E-state index contributed by atoms with van der Waals surface area (Å²) in [5.74, 6) is 0.558. The standard InChI is InChI=1S/C21H26N4O4S/c1-13-10-25-20(29-12-13)18(11-24(25)2)30(27,28)23-21(26)22-19-16-7-3-5-14(16)9-15-6-4-8-17(15)19/h9,11,13H,3-8,10,12H2,1-2H3,(H-,22,23,26)/p+1/t13-/m0/s1. The number of sulfonamides is 1. The van der Waals surface area contributed by atoms with Crippen LogP contribution in [0.2, 0.25) is 0 Å². The molecule has 2 heterocycles. The summed E-state index contributed by atoms with van der Waals surface area (Å²) in [5, 5.41) is 2.88. The topological polar surface area (TPSA) is 93.3 Å². The Hall–Kier alpha value is -2.55. The molecule has 2 aromatic rings. The van der Waals surface area contributed by atoms with Crippen LogP contribution in [0.1, 0.15) is 42.0 Å². The zero-order valence-corrected chi connectivity index (χ0v) is 18.1. The van der Waals surface area contributed by atoms with E-state index in [2.05, 4.69) is 16.1 Å². The number of hydrogen-bond acceptors (Lipinski definition) is 4. The number of benzene rings is 1. The number of carbonyl (C=O) groups is 1. The number of anilines is 1. The van der Waals surface area contributed by atoms with Crippen LogP contribution < -0.4 is 19.5 Å². The van der Waals surface area contributed by atoms with Crippen molar-refractivity contribution in [3.8, 4) is 5.88 Å². The molecule has 0 saturated heterocycles. The number of carbonyl (C=O) groups excluding carboxylic acids is 1. The van der Waals surface area contributed by atoms with Crippen LogP contribution in [0.3, 0.4) is 0 Å². The van der Waals surface area contributed by atoms with Crippen LogP contribution >= 0.6 is 0 Å². The molecule has 2 N–H and O–H groups in total. The Morgan fingerprint density at radius 2 is 1.83 bits per heavy atom. The second-order valence-electron chi connectivity index (χ2n) is 8.66. The summed E-state index contributed by atoms with van der Waals surface area (Å²) in [6.07, 6.45) is 7.48. The maximum absolute atomic E-state index is 13.0. The molecule has 160 valence electrons. The van der Waals surface area contributed by atoms with Gasteiger partial charge in [-0.25, -0.2) is 17.9 Å². The van der Waals surface area contributed by atoms with E-state index in [0.717, 1.165) is 55.3 Å². The molecule has 0 unspecified atom stereocenters. The Morgan fingerprint density at radius 1 is 1.17 bits per heavy atom. The number of ether oxygens (including phenoxy) is 1. The number of aromatic nitrogens is 2. The first kappa shape index (κ1) is 19.4. The first-order valence-electron chi connectivity index (χ1n) is 10.6. The van der Waals surface area contributed by atoms with E-state index in [4.69, 9.17) is 4.74 Å². The fourth-order valence-electron chi connectivity index (χ4n) is 4.96. The number of rotatable bonds is 3. The molecule has 2 amide bonds. The molecule has 3 aliphatic rings. The SMILES string of the molecule is C[C@@H]1COc2c(S(=O)(=O)NC(=O)Nc3c4c(cc5c3CCC5)CCC4)c[n+](C)n2C1. The van der Waals surface area contributed by atoms with Gasteiger partial charge in [0.2, 0.25) is 11.1 Å². The second kappa shape index (κ2) is 7.01. The average molecular weight is 432 g/mol. The van der Waals surface area contributed by atoms with Crippen LogP contribution in [0.15, 0.2) is 17.2 Å². The molecule has 0 bridgehead atoms. The van der Waals surface area contributed by atoms with Gasteiger partial charge in [0.05, 0.1) is 13.2 Å². The summed E-state index contributed by atoms with van der Waals surface area (Å²) in [6.45, 7) is 3.15. The molecule has 1 atom stereocenters. The van der Waals surface area contributed by atoms with E-state index in [1.165, 1.54) is 17.3 Å². The van der Waals surface area contributed by atoms with Crippen molar-refractivity contribution in [3.63, 3.8) is 0 Å². The van der Waals surface area contributed by atoms with E-state index in [9.17, 15) is 13.2 Å². The third kappa shape index (κ3) is 3.15. The summed E-state index contributed by atoms with van der Waals surface area (Å²) in [4.78, 5) is 12.8. The largest absolute Gasteiger partial charge is 0.474 e. The first-order valence-corrected chi connectivity index (χ1v) is 12.0. The van der Waals surface area contributed by atoms with E-state index < -0.39 is 16.1 Å². The highest BCUT2D eigenvalue weighted by atomic mass is 32.2. The van der Waals surface area contributed by atoms with Crippen molar-refractivity contribution in [1.29, 1.82) is 0 Å². The van der Waals surface area contributed by atoms with Crippen molar-refractivity contribution in [2.24, 2.45) is 13.0 Å². The average Bonchev–Trinajstić information content (AvgIpc) is 3.40. The van der Waals surface area contributed by atoms with Gasteiger partial charge in [0.1, 0.15) is 0 Å². The zero-order valence-electron chi connectivity index (χ0n) is 17.3. The van der Waals surface area contributed by atoms with Gasteiger partial charge in [-0.15, -0.1) is 9.36 Å². The van der Waals surface area contributed by atoms with Gasteiger partial charge in [-0.05, 0) is 60.8 Å². The molecule has 0 saturated carbocycles. The highest BCUT2D eigenvalue weighted by Crippen LogP contribution is 2.38. The maximum atomic E-state index is 13.0. The van der Waals surface area contributed by atoms with Crippen molar-refractivity contribution < 1.29 is 22.6 Å².